The molecule has 0 radical (unpaired) electrons. The van der Waals surface area contributed by atoms with Crippen molar-refractivity contribution in [3.8, 4) is 0 Å². The Bertz CT molecular complexity index is 624. The van der Waals surface area contributed by atoms with Gasteiger partial charge in [0.25, 0.3) is 0 Å². The van der Waals surface area contributed by atoms with Crippen LogP contribution >= 0.6 is 0 Å². The Hall–Kier alpha value is -1.84. The number of H-pyrrole nitrogens is 1. The van der Waals surface area contributed by atoms with Crippen molar-refractivity contribution in [1.82, 2.24) is 4.98 Å². The molecule has 0 aliphatic heterocycles. The predicted molar refractivity (Wildman–Crippen MR) is 79.2 cm³/mol. The summed E-state index contributed by atoms with van der Waals surface area (Å²) in [5.41, 5.74) is 1.70. The van der Waals surface area contributed by atoms with Crippen molar-refractivity contribution in [2.75, 3.05) is 0 Å². The van der Waals surface area contributed by atoms with Crippen molar-refractivity contribution in [2.45, 2.75) is 51.9 Å². The summed E-state index contributed by atoms with van der Waals surface area (Å²) in [6.45, 7) is 2.19. The van der Waals surface area contributed by atoms with E-state index in [9.17, 15) is 9.59 Å². The molecule has 0 bridgehead atoms. The van der Waals surface area contributed by atoms with Crippen molar-refractivity contribution < 1.29 is 9.21 Å². The molecule has 0 spiro atoms. The summed E-state index contributed by atoms with van der Waals surface area (Å²) in [7, 11) is 0. The molecule has 2 aromatic rings. The molecule has 1 aromatic heterocycles. The smallest absolute Gasteiger partial charge is 0.408 e. The number of fused-ring (bicyclic) bond motifs is 1. The van der Waals surface area contributed by atoms with Gasteiger partial charge >= 0.3 is 5.76 Å². The summed E-state index contributed by atoms with van der Waals surface area (Å²) < 4.78 is 4.97. The Morgan fingerprint density at radius 2 is 1.90 bits per heavy atom. The Morgan fingerprint density at radius 3 is 2.70 bits per heavy atom. The van der Waals surface area contributed by atoms with E-state index in [4.69, 9.17) is 4.42 Å². The number of carbonyl (C=O) groups excluding carboxylic acids is 1. The van der Waals surface area contributed by atoms with Gasteiger partial charge in [0.15, 0.2) is 11.4 Å². The Kier molecular flexibility index (Phi) is 5.16. The van der Waals surface area contributed by atoms with Crippen molar-refractivity contribution in [3.05, 3.63) is 34.3 Å². The zero-order valence-electron chi connectivity index (χ0n) is 11.9. The van der Waals surface area contributed by atoms with Gasteiger partial charge in [-0.2, -0.15) is 0 Å². The minimum atomic E-state index is -0.486. The Labute approximate surface area is 118 Å². The number of ketones is 1. The molecule has 0 aliphatic rings. The van der Waals surface area contributed by atoms with Gasteiger partial charge in [0.2, 0.25) is 0 Å². The first-order chi connectivity index (χ1) is 9.70. The molecule has 2 rings (SSSR count). The molecular formula is C16H21NO3. The Morgan fingerprint density at radius 1 is 1.15 bits per heavy atom. The lowest BCUT2D eigenvalue weighted by Gasteiger charge is -2.01. The van der Waals surface area contributed by atoms with Crippen LogP contribution in [0.4, 0.5) is 0 Å². The molecule has 0 unspecified atom stereocenters. The number of nitrogens with one attached hydrogen (secondary N) is 1. The van der Waals surface area contributed by atoms with Crippen LogP contribution in [0.1, 0.15) is 62.2 Å². The molecule has 1 aromatic carbocycles. The van der Waals surface area contributed by atoms with Crippen molar-refractivity contribution in [1.29, 1.82) is 0 Å². The van der Waals surface area contributed by atoms with Crippen LogP contribution in [0.15, 0.2) is 27.4 Å². The third-order valence-electron chi connectivity index (χ3n) is 3.50. The fourth-order valence-electron chi connectivity index (χ4n) is 2.33. The molecule has 0 amide bonds. The summed E-state index contributed by atoms with van der Waals surface area (Å²) >= 11 is 0. The highest BCUT2D eigenvalue weighted by atomic mass is 16.4. The van der Waals surface area contributed by atoms with Crippen LogP contribution in [-0.4, -0.2) is 10.8 Å². The van der Waals surface area contributed by atoms with E-state index in [2.05, 4.69) is 11.9 Å². The second-order valence-corrected chi connectivity index (χ2v) is 5.17. The topological polar surface area (TPSA) is 63.1 Å². The van der Waals surface area contributed by atoms with Crippen molar-refractivity contribution in [2.24, 2.45) is 0 Å². The van der Waals surface area contributed by atoms with Gasteiger partial charge in [-0.3, -0.25) is 9.78 Å². The first kappa shape index (κ1) is 14.6. The van der Waals surface area contributed by atoms with E-state index < -0.39 is 5.76 Å². The van der Waals surface area contributed by atoms with E-state index in [0.29, 0.717) is 23.1 Å². The fourth-order valence-corrected chi connectivity index (χ4v) is 2.33. The maximum Gasteiger partial charge on any atom is 0.417 e. The molecule has 0 saturated heterocycles. The maximum absolute atomic E-state index is 12.1. The number of aromatic nitrogens is 1. The zero-order chi connectivity index (χ0) is 14.4. The van der Waals surface area contributed by atoms with Crippen LogP contribution in [0.2, 0.25) is 0 Å². The lowest BCUT2D eigenvalue weighted by Crippen LogP contribution is -1.98. The minimum Gasteiger partial charge on any atom is -0.408 e. The summed E-state index contributed by atoms with van der Waals surface area (Å²) in [6, 6.07) is 5.11. The molecule has 1 N–H and O–H groups in total. The predicted octanol–water partition coefficient (Wildman–Crippen LogP) is 4.05. The number of benzene rings is 1. The average molecular weight is 275 g/mol. The average Bonchev–Trinajstić information content (AvgIpc) is 2.81. The van der Waals surface area contributed by atoms with Crippen molar-refractivity contribution in [3.63, 3.8) is 0 Å². The van der Waals surface area contributed by atoms with Crippen LogP contribution in [0, 0.1) is 0 Å². The Balaban J connectivity index is 1.86. The van der Waals surface area contributed by atoms with E-state index in [1.165, 1.54) is 25.7 Å². The van der Waals surface area contributed by atoms with E-state index in [-0.39, 0.29) is 5.78 Å². The first-order valence-corrected chi connectivity index (χ1v) is 7.37. The number of rotatable bonds is 8. The van der Waals surface area contributed by atoms with Gasteiger partial charge in [0.1, 0.15) is 0 Å². The molecule has 4 heteroatoms. The monoisotopic (exact) mass is 275 g/mol. The largest absolute Gasteiger partial charge is 0.417 e. The molecule has 1 heterocycles. The standard InChI is InChI=1S/C16H21NO3/c1-2-3-4-5-6-7-8-14(18)12-9-10-13-15(11-12)20-16(19)17-13/h9-11H,2-8H2,1H3,(H,17,19). The lowest BCUT2D eigenvalue weighted by molar-refractivity contribution is 0.0979. The summed E-state index contributed by atoms with van der Waals surface area (Å²) in [4.78, 5) is 25.7. The van der Waals surface area contributed by atoms with E-state index in [1.54, 1.807) is 18.2 Å². The third kappa shape index (κ3) is 3.83. The second-order valence-electron chi connectivity index (χ2n) is 5.17. The molecule has 0 atom stereocenters. The van der Waals surface area contributed by atoms with Gasteiger partial charge in [-0.25, -0.2) is 4.79 Å². The van der Waals surface area contributed by atoms with E-state index in [0.717, 1.165) is 12.8 Å². The maximum atomic E-state index is 12.1. The fraction of sp³-hybridized carbons (Fsp3) is 0.500. The van der Waals surface area contributed by atoms with Crippen LogP contribution in [0.5, 0.6) is 0 Å². The normalized spacial score (nSPS) is 11.1. The molecule has 0 saturated carbocycles. The van der Waals surface area contributed by atoms with Gasteiger partial charge in [-0.05, 0) is 24.6 Å². The number of unbranched alkanes of at least 4 members (excludes halogenated alkanes) is 5. The van der Waals surface area contributed by atoms with Gasteiger partial charge in [-0.1, -0.05) is 39.0 Å². The summed E-state index contributed by atoms with van der Waals surface area (Å²) in [5.74, 6) is -0.369. The minimum absolute atomic E-state index is 0.117. The number of carbonyl (C=O) groups is 1. The van der Waals surface area contributed by atoms with Crippen LogP contribution in [0.25, 0.3) is 11.1 Å². The SMILES string of the molecule is CCCCCCCCC(=O)c1ccc2[nH]c(=O)oc2c1. The van der Waals surface area contributed by atoms with Crippen LogP contribution in [-0.2, 0) is 0 Å². The quantitative estimate of drug-likeness (QED) is 0.584. The number of oxazole rings is 1. The lowest BCUT2D eigenvalue weighted by atomic mass is 10.0. The molecule has 108 valence electrons. The summed E-state index contributed by atoms with van der Waals surface area (Å²) in [5, 5.41) is 0. The molecule has 0 fully saturated rings. The molecule has 0 aliphatic carbocycles. The van der Waals surface area contributed by atoms with Crippen LogP contribution in [0.3, 0.4) is 0 Å². The highest BCUT2D eigenvalue weighted by Crippen LogP contribution is 2.15. The van der Waals surface area contributed by atoms with E-state index in [1.807, 2.05) is 0 Å². The first-order valence-electron chi connectivity index (χ1n) is 7.37. The number of aromatic amines is 1. The zero-order valence-corrected chi connectivity index (χ0v) is 11.9. The number of hydrogen-bond donors (Lipinski definition) is 1. The van der Waals surface area contributed by atoms with Crippen molar-refractivity contribution >= 4 is 16.9 Å². The van der Waals surface area contributed by atoms with Crippen LogP contribution < -0.4 is 5.76 Å². The van der Waals surface area contributed by atoms with Gasteiger partial charge in [0.05, 0.1) is 5.52 Å². The number of hydrogen-bond acceptors (Lipinski definition) is 3. The van der Waals surface area contributed by atoms with Gasteiger partial charge in [-0.15, -0.1) is 0 Å². The van der Waals surface area contributed by atoms with Gasteiger partial charge in [0, 0.05) is 12.0 Å². The highest BCUT2D eigenvalue weighted by molar-refractivity contribution is 5.98. The highest BCUT2D eigenvalue weighted by Gasteiger charge is 2.08. The van der Waals surface area contributed by atoms with Gasteiger partial charge < -0.3 is 4.42 Å². The molecular weight excluding hydrogens is 254 g/mol. The molecule has 4 nitrogen and oxygen atoms in total. The number of Topliss-reactive ketones (excluding diaryl/α,β-unsaturated/α-hetero) is 1. The third-order valence-corrected chi connectivity index (χ3v) is 3.50. The van der Waals surface area contributed by atoms with E-state index >= 15 is 0 Å². The summed E-state index contributed by atoms with van der Waals surface area (Å²) in [6.07, 6.45) is 7.56. The second kappa shape index (κ2) is 7.08. The molecule has 20 heavy (non-hydrogen) atoms.